The monoisotopic (exact) mass is 168 g/mol. The van der Waals surface area contributed by atoms with Crippen LogP contribution in [0.2, 0.25) is 0 Å². The first kappa shape index (κ1) is 9.75. The Labute approximate surface area is 75.4 Å². The third-order valence-electron chi connectivity index (χ3n) is 2.04. The van der Waals surface area contributed by atoms with Crippen molar-refractivity contribution in [3.63, 3.8) is 0 Å². The molecule has 0 spiro atoms. The number of nitrogens with zero attached hydrogens (tertiary/aromatic N) is 1. The molecule has 2 heteroatoms. The third-order valence-corrected chi connectivity index (χ3v) is 2.04. The number of nitrogens with two attached hydrogens (primary N) is 1. The number of rotatable bonds is 5. The Morgan fingerprint density at radius 1 is 1.58 bits per heavy atom. The maximum atomic E-state index is 5.96. The summed E-state index contributed by atoms with van der Waals surface area (Å²) in [5, 5.41) is 0. The molecule has 0 aromatic heterocycles. The molecule has 0 radical (unpaired) electrons. The molecular formula is C10H20N2. The fourth-order valence-corrected chi connectivity index (χ4v) is 1.47. The summed E-state index contributed by atoms with van der Waals surface area (Å²) in [5.41, 5.74) is 5.88. The molecule has 1 rings (SSSR count). The van der Waals surface area contributed by atoms with Crippen LogP contribution >= 0.6 is 0 Å². The molecule has 1 aliphatic rings. The van der Waals surface area contributed by atoms with Crippen molar-refractivity contribution in [2.45, 2.75) is 38.3 Å². The van der Waals surface area contributed by atoms with E-state index >= 15 is 0 Å². The van der Waals surface area contributed by atoms with Gasteiger partial charge in [-0.15, -0.1) is 6.58 Å². The fourth-order valence-electron chi connectivity index (χ4n) is 1.47. The summed E-state index contributed by atoms with van der Waals surface area (Å²) in [6, 6.07) is 0.783. The van der Waals surface area contributed by atoms with Crippen LogP contribution in [0.1, 0.15) is 26.7 Å². The molecule has 0 heterocycles. The Bertz CT molecular complexity index is 154. The maximum absolute atomic E-state index is 5.96. The predicted molar refractivity (Wildman–Crippen MR) is 53.1 cm³/mol. The van der Waals surface area contributed by atoms with Gasteiger partial charge in [0.2, 0.25) is 0 Å². The van der Waals surface area contributed by atoms with Gasteiger partial charge in [0.05, 0.1) is 0 Å². The van der Waals surface area contributed by atoms with Crippen LogP contribution in [0.4, 0.5) is 0 Å². The van der Waals surface area contributed by atoms with E-state index in [-0.39, 0.29) is 5.54 Å². The molecular weight excluding hydrogens is 148 g/mol. The third kappa shape index (κ3) is 3.37. The van der Waals surface area contributed by atoms with Crippen LogP contribution in [0.5, 0.6) is 0 Å². The van der Waals surface area contributed by atoms with Gasteiger partial charge in [-0.05, 0) is 26.7 Å². The van der Waals surface area contributed by atoms with Crippen molar-refractivity contribution in [3.8, 4) is 0 Å². The quantitative estimate of drug-likeness (QED) is 0.628. The van der Waals surface area contributed by atoms with E-state index < -0.39 is 0 Å². The van der Waals surface area contributed by atoms with Crippen molar-refractivity contribution in [2.75, 3.05) is 13.1 Å². The van der Waals surface area contributed by atoms with Crippen LogP contribution in [-0.4, -0.2) is 29.6 Å². The lowest BCUT2D eigenvalue weighted by atomic mass is 10.1. The van der Waals surface area contributed by atoms with Gasteiger partial charge in [0.25, 0.3) is 0 Å². The van der Waals surface area contributed by atoms with Crippen molar-refractivity contribution in [1.82, 2.24) is 4.90 Å². The molecule has 2 nitrogen and oxygen atoms in total. The van der Waals surface area contributed by atoms with Gasteiger partial charge < -0.3 is 5.73 Å². The first-order valence-corrected chi connectivity index (χ1v) is 4.67. The summed E-state index contributed by atoms with van der Waals surface area (Å²) in [4.78, 5) is 2.42. The minimum absolute atomic E-state index is 0.0778. The molecule has 0 aromatic carbocycles. The van der Waals surface area contributed by atoms with E-state index in [2.05, 4.69) is 25.3 Å². The zero-order chi connectivity index (χ0) is 9.19. The van der Waals surface area contributed by atoms with Crippen molar-refractivity contribution in [2.24, 2.45) is 5.73 Å². The second-order valence-electron chi connectivity index (χ2n) is 4.44. The normalized spacial score (nSPS) is 18.3. The van der Waals surface area contributed by atoms with Gasteiger partial charge in [0.1, 0.15) is 0 Å². The molecule has 0 amide bonds. The molecule has 1 fully saturated rings. The second-order valence-corrected chi connectivity index (χ2v) is 4.44. The van der Waals surface area contributed by atoms with Crippen LogP contribution in [0, 0.1) is 0 Å². The van der Waals surface area contributed by atoms with Crippen LogP contribution in [0.25, 0.3) is 0 Å². The molecule has 0 atom stereocenters. The summed E-state index contributed by atoms with van der Waals surface area (Å²) in [7, 11) is 0. The van der Waals surface area contributed by atoms with Gasteiger partial charge in [0.15, 0.2) is 0 Å². The molecule has 0 aromatic rings. The van der Waals surface area contributed by atoms with E-state index in [1.807, 2.05) is 6.08 Å². The van der Waals surface area contributed by atoms with Gasteiger partial charge >= 0.3 is 0 Å². The van der Waals surface area contributed by atoms with Crippen molar-refractivity contribution >= 4 is 0 Å². The lowest BCUT2D eigenvalue weighted by Gasteiger charge is -2.28. The molecule has 70 valence electrons. The molecule has 1 saturated carbocycles. The SMILES string of the molecule is C=CCN(CC(C)(C)N)C1CC1. The van der Waals surface area contributed by atoms with E-state index in [0.717, 1.165) is 19.1 Å². The van der Waals surface area contributed by atoms with E-state index in [9.17, 15) is 0 Å². The summed E-state index contributed by atoms with van der Waals surface area (Å²) >= 11 is 0. The van der Waals surface area contributed by atoms with Crippen LogP contribution < -0.4 is 5.73 Å². The largest absolute Gasteiger partial charge is 0.324 e. The first-order valence-electron chi connectivity index (χ1n) is 4.67. The zero-order valence-corrected chi connectivity index (χ0v) is 8.21. The minimum Gasteiger partial charge on any atom is -0.324 e. The molecule has 2 N–H and O–H groups in total. The maximum Gasteiger partial charge on any atom is 0.0226 e. The highest BCUT2D eigenvalue weighted by atomic mass is 15.2. The van der Waals surface area contributed by atoms with Gasteiger partial charge in [-0.25, -0.2) is 0 Å². The molecule has 0 aliphatic heterocycles. The molecule has 0 saturated heterocycles. The summed E-state index contributed by atoms with van der Waals surface area (Å²) in [6.45, 7) is 9.86. The highest BCUT2D eigenvalue weighted by Crippen LogP contribution is 2.27. The first-order chi connectivity index (χ1) is 5.53. The standard InChI is InChI=1S/C10H20N2/c1-4-7-12(9-5-6-9)8-10(2,3)11/h4,9H,1,5-8,11H2,2-3H3. The van der Waals surface area contributed by atoms with Crippen LogP contribution in [-0.2, 0) is 0 Å². The van der Waals surface area contributed by atoms with E-state index in [1.54, 1.807) is 0 Å². The Morgan fingerprint density at radius 2 is 2.17 bits per heavy atom. The minimum atomic E-state index is -0.0778. The number of hydrogen-bond acceptors (Lipinski definition) is 2. The van der Waals surface area contributed by atoms with Gasteiger partial charge in [-0.2, -0.15) is 0 Å². The summed E-state index contributed by atoms with van der Waals surface area (Å²) < 4.78 is 0. The molecule has 0 unspecified atom stereocenters. The predicted octanol–water partition coefficient (Wildman–Crippen LogP) is 1.37. The highest BCUT2D eigenvalue weighted by molar-refractivity contribution is 4.91. The van der Waals surface area contributed by atoms with E-state index in [1.165, 1.54) is 12.8 Å². The zero-order valence-electron chi connectivity index (χ0n) is 8.21. The molecule has 1 aliphatic carbocycles. The summed E-state index contributed by atoms with van der Waals surface area (Å²) in [5.74, 6) is 0. The number of hydrogen-bond donors (Lipinski definition) is 1. The van der Waals surface area contributed by atoms with Gasteiger partial charge in [0, 0.05) is 24.7 Å². The molecule has 0 bridgehead atoms. The van der Waals surface area contributed by atoms with Crippen LogP contribution in [0.3, 0.4) is 0 Å². The van der Waals surface area contributed by atoms with Crippen molar-refractivity contribution < 1.29 is 0 Å². The van der Waals surface area contributed by atoms with Gasteiger partial charge in [-0.1, -0.05) is 6.08 Å². The highest BCUT2D eigenvalue weighted by Gasteiger charge is 2.30. The van der Waals surface area contributed by atoms with Gasteiger partial charge in [-0.3, -0.25) is 4.90 Å². The Balaban J connectivity index is 2.37. The summed E-state index contributed by atoms with van der Waals surface area (Å²) in [6.07, 6.45) is 4.64. The Hall–Kier alpha value is -0.340. The second kappa shape index (κ2) is 3.58. The van der Waals surface area contributed by atoms with Crippen molar-refractivity contribution in [3.05, 3.63) is 12.7 Å². The Kier molecular flexibility index (Phi) is 2.91. The van der Waals surface area contributed by atoms with Crippen LogP contribution in [0.15, 0.2) is 12.7 Å². The average Bonchev–Trinajstić information content (AvgIpc) is 2.63. The van der Waals surface area contributed by atoms with E-state index in [4.69, 9.17) is 5.73 Å². The average molecular weight is 168 g/mol. The fraction of sp³-hybridized carbons (Fsp3) is 0.800. The lowest BCUT2D eigenvalue weighted by molar-refractivity contribution is 0.237. The smallest absolute Gasteiger partial charge is 0.0226 e. The topological polar surface area (TPSA) is 29.3 Å². The molecule has 12 heavy (non-hydrogen) atoms. The van der Waals surface area contributed by atoms with Crippen molar-refractivity contribution in [1.29, 1.82) is 0 Å². The lowest BCUT2D eigenvalue weighted by Crippen LogP contribution is -2.46. The van der Waals surface area contributed by atoms with E-state index in [0.29, 0.717) is 0 Å². The Morgan fingerprint density at radius 3 is 2.50 bits per heavy atom.